The van der Waals surface area contributed by atoms with Gasteiger partial charge in [-0.3, -0.25) is 14.2 Å². The molecule has 0 unspecified atom stereocenters. The highest BCUT2D eigenvalue weighted by Gasteiger charge is 2.24. The third-order valence-corrected chi connectivity index (χ3v) is 4.87. The van der Waals surface area contributed by atoms with Crippen LogP contribution < -0.4 is 10.9 Å². The standard InChI is InChI=1S/C22H31N3O4/c1-15(26)22(5,6)12-11-18-24-17-10-8-7-9-16(17)19(27)25(18)14-13-23-20(28)29-21(2,3)4/h7-10H,11-14H2,1-6H3,(H,23,28). The van der Waals surface area contributed by atoms with E-state index in [0.717, 1.165) is 0 Å². The van der Waals surface area contributed by atoms with Gasteiger partial charge in [-0.25, -0.2) is 9.78 Å². The van der Waals surface area contributed by atoms with E-state index < -0.39 is 17.1 Å². The first-order valence-corrected chi connectivity index (χ1v) is 9.87. The second-order valence-electron chi connectivity index (χ2n) is 8.87. The number of aryl methyl sites for hydroxylation is 1. The first-order valence-electron chi connectivity index (χ1n) is 9.87. The molecule has 0 aliphatic heterocycles. The Kier molecular flexibility index (Phi) is 6.82. The maximum atomic E-state index is 13.0. The number of Topliss-reactive ketones (excluding diaryl/α,β-unsaturated/α-hetero) is 1. The molecule has 0 radical (unpaired) electrons. The molecule has 0 fully saturated rings. The zero-order chi connectivity index (χ0) is 21.8. The first kappa shape index (κ1) is 22.6. The van der Waals surface area contributed by atoms with Crippen molar-refractivity contribution < 1.29 is 14.3 Å². The number of carbonyl (C=O) groups is 2. The fourth-order valence-electron chi connectivity index (χ4n) is 2.82. The molecule has 0 aliphatic rings. The molecule has 2 rings (SSSR count). The second-order valence-corrected chi connectivity index (χ2v) is 8.87. The van der Waals surface area contributed by atoms with Gasteiger partial charge < -0.3 is 10.1 Å². The monoisotopic (exact) mass is 401 g/mol. The van der Waals surface area contributed by atoms with Gasteiger partial charge in [0.1, 0.15) is 17.2 Å². The van der Waals surface area contributed by atoms with Crippen LogP contribution >= 0.6 is 0 Å². The van der Waals surface area contributed by atoms with Gasteiger partial charge in [-0.15, -0.1) is 0 Å². The molecule has 7 nitrogen and oxygen atoms in total. The highest BCUT2D eigenvalue weighted by Crippen LogP contribution is 2.23. The van der Waals surface area contributed by atoms with Crippen LogP contribution in [0, 0.1) is 5.41 Å². The van der Waals surface area contributed by atoms with Gasteiger partial charge >= 0.3 is 6.09 Å². The van der Waals surface area contributed by atoms with Crippen LogP contribution in [0.5, 0.6) is 0 Å². The molecule has 7 heteroatoms. The summed E-state index contributed by atoms with van der Waals surface area (Å²) in [6, 6.07) is 7.19. The predicted octanol–water partition coefficient (Wildman–Crippen LogP) is 3.47. The van der Waals surface area contributed by atoms with Crippen LogP contribution in [0.1, 0.15) is 53.8 Å². The van der Waals surface area contributed by atoms with Crippen LogP contribution in [0.25, 0.3) is 10.9 Å². The lowest BCUT2D eigenvalue weighted by Crippen LogP contribution is -2.36. The number of fused-ring (bicyclic) bond motifs is 1. The van der Waals surface area contributed by atoms with E-state index in [1.165, 1.54) is 0 Å². The van der Waals surface area contributed by atoms with Gasteiger partial charge in [-0.1, -0.05) is 26.0 Å². The number of carbonyl (C=O) groups excluding carboxylic acids is 2. The zero-order valence-corrected chi connectivity index (χ0v) is 18.2. The average molecular weight is 402 g/mol. The summed E-state index contributed by atoms with van der Waals surface area (Å²) in [5, 5.41) is 3.21. The number of hydrogen-bond acceptors (Lipinski definition) is 5. The fraction of sp³-hybridized carbons (Fsp3) is 0.545. The quantitative estimate of drug-likeness (QED) is 0.767. The summed E-state index contributed by atoms with van der Waals surface area (Å²) in [5.74, 6) is 0.702. The van der Waals surface area contributed by atoms with Crippen LogP contribution in [-0.4, -0.2) is 33.6 Å². The maximum Gasteiger partial charge on any atom is 0.407 e. The van der Waals surface area contributed by atoms with Gasteiger partial charge in [-0.2, -0.15) is 0 Å². The number of amides is 1. The molecule has 0 spiro atoms. The van der Waals surface area contributed by atoms with Crippen LogP contribution in [0.3, 0.4) is 0 Å². The molecule has 1 N–H and O–H groups in total. The lowest BCUT2D eigenvalue weighted by atomic mass is 9.84. The molecular formula is C22H31N3O4. The molecule has 1 amide bonds. The Labute approximate surface area is 171 Å². The largest absolute Gasteiger partial charge is 0.444 e. The van der Waals surface area contributed by atoms with Crippen molar-refractivity contribution in [2.24, 2.45) is 5.41 Å². The lowest BCUT2D eigenvalue weighted by Gasteiger charge is -2.22. The Hall–Kier alpha value is -2.70. The molecule has 0 aliphatic carbocycles. The number of hydrogen-bond donors (Lipinski definition) is 1. The summed E-state index contributed by atoms with van der Waals surface area (Å²) in [4.78, 5) is 41.4. The molecule has 0 saturated heterocycles. The second kappa shape index (κ2) is 8.76. The van der Waals surface area contributed by atoms with Gasteiger partial charge in [0, 0.05) is 24.9 Å². The van der Waals surface area contributed by atoms with Crippen molar-refractivity contribution in [3.05, 3.63) is 40.4 Å². The van der Waals surface area contributed by atoms with Crippen molar-refractivity contribution >= 4 is 22.8 Å². The van der Waals surface area contributed by atoms with Crippen molar-refractivity contribution in [2.75, 3.05) is 6.54 Å². The van der Waals surface area contributed by atoms with E-state index in [1.807, 2.05) is 19.9 Å². The maximum absolute atomic E-state index is 13.0. The molecule has 0 atom stereocenters. The molecular weight excluding hydrogens is 370 g/mol. The van der Waals surface area contributed by atoms with E-state index in [9.17, 15) is 14.4 Å². The number of ether oxygens (including phenoxy) is 1. The van der Waals surface area contributed by atoms with Crippen molar-refractivity contribution in [1.82, 2.24) is 14.9 Å². The molecule has 1 heterocycles. The SMILES string of the molecule is CC(=O)C(C)(C)CCc1nc2ccccc2c(=O)n1CCNC(=O)OC(C)(C)C. The Morgan fingerprint density at radius 2 is 1.79 bits per heavy atom. The summed E-state index contributed by atoms with van der Waals surface area (Å²) in [6.45, 7) is 11.2. The van der Waals surface area contributed by atoms with E-state index in [0.29, 0.717) is 29.6 Å². The Balaban J connectivity index is 2.26. The summed E-state index contributed by atoms with van der Waals surface area (Å²) in [6.07, 6.45) is 0.532. The number of nitrogens with one attached hydrogen (secondary N) is 1. The number of ketones is 1. The third kappa shape index (κ3) is 6.14. The van der Waals surface area contributed by atoms with E-state index in [-0.39, 0.29) is 24.4 Å². The van der Waals surface area contributed by atoms with Crippen LogP contribution in [0.15, 0.2) is 29.1 Å². The Bertz CT molecular complexity index is 955. The highest BCUT2D eigenvalue weighted by atomic mass is 16.6. The molecule has 29 heavy (non-hydrogen) atoms. The number of benzene rings is 1. The van der Waals surface area contributed by atoms with Crippen molar-refractivity contribution in [3.8, 4) is 0 Å². The van der Waals surface area contributed by atoms with Crippen molar-refractivity contribution in [1.29, 1.82) is 0 Å². The van der Waals surface area contributed by atoms with E-state index >= 15 is 0 Å². The minimum atomic E-state index is -0.588. The number of alkyl carbamates (subject to hydrolysis) is 1. The molecule has 1 aromatic heterocycles. The number of rotatable bonds is 7. The molecule has 2 aromatic rings. The Morgan fingerprint density at radius 3 is 2.41 bits per heavy atom. The molecule has 1 aromatic carbocycles. The summed E-state index contributed by atoms with van der Waals surface area (Å²) in [5.41, 5.74) is -0.612. The normalized spacial score (nSPS) is 12.1. The van der Waals surface area contributed by atoms with Crippen molar-refractivity contribution in [3.63, 3.8) is 0 Å². The van der Waals surface area contributed by atoms with Gasteiger partial charge in [0.05, 0.1) is 10.9 Å². The molecule has 0 saturated carbocycles. The first-order chi connectivity index (χ1) is 13.4. The highest BCUT2D eigenvalue weighted by molar-refractivity contribution is 5.81. The summed E-state index contributed by atoms with van der Waals surface area (Å²) < 4.78 is 6.81. The van der Waals surface area contributed by atoms with E-state index in [4.69, 9.17) is 4.74 Å². The van der Waals surface area contributed by atoms with Crippen LogP contribution in [0.2, 0.25) is 0 Å². The van der Waals surface area contributed by atoms with E-state index in [2.05, 4.69) is 10.3 Å². The van der Waals surface area contributed by atoms with Gasteiger partial charge in [0.25, 0.3) is 5.56 Å². The summed E-state index contributed by atoms with van der Waals surface area (Å²) in [7, 11) is 0. The van der Waals surface area contributed by atoms with Gasteiger partial charge in [0.2, 0.25) is 0 Å². The number of aromatic nitrogens is 2. The smallest absolute Gasteiger partial charge is 0.407 e. The average Bonchev–Trinajstić information content (AvgIpc) is 2.60. The molecule has 0 bridgehead atoms. The van der Waals surface area contributed by atoms with Crippen molar-refractivity contribution in [2.45, 2.75) is 66.5 Å². The minimum absolute atomic E-state index is 0.0961. The fourth-order valence-corrected chi connectivity index (χ4v) is 2.82. The third-order valence-electron chi connectivity index (χ3n) is 4.87. The number of para-hydroxylation sites is 1. The molecule has 158 valence electrons. The predicted molar refractivity (Wildman–Crippen MR) is 113 cm³/mol. The summed E-state index contributed by atoms with van der Waals surface area (Å²) >= 11 is 0. The minimum Gasteiger partial charge on any atom is -0.444 e. The number of nitrogens with zero attached hydrogens (tertiary/aromatic N) is 2. The topological polar surface area (TPSA) is 90.3 Å². The Morgan fingerprint density at radius 1 is 1.14 bits per heavy atom. The van der Waals surface area contributed by atoms with Crippen LogP contribution in [0.4, 0.5) is 4.79 Å². The van der Waals surface area contributed by atoms with Crippen LogP contribution in [-0.2, 0) is 22.5 Å². The van der Waals surface area contributed by atoms with Gasteiger partial charge in [0.15, 0.2) is 0 Å². The lowest BCUT2D eigenvalue weighted by molar-refractivity contribution is -0.125. The van der Waals surface area contributed by atoms with E-state index in [1.54, 1.807) is 50.5 Å². The van der Waals surface area contributed by atoms with Gasteiger partial charge in [-0.05, 0) is 46.2 Å². The zero-order valence-electron chi connectivity index (χ0n) is 18.2.